The molecule has 68 valence electrons. The zero-order valence-electron chi connectivity index (χ0n) is 7.08. The monoisotopic (exact) mass is 170 g/mol. The summed E-state index contributed by atoms with van der Waals surface area (Å²) in [5.74, 6) is -1.04. The van der Waals surface area contributed by atoms with E-state index in [1.807, 2.05) is 0 Å². The topological polar surface area (TPSA) is 54.4 Å². The highest BCUT2D eigenvalue weighted by Crippen LogP contribution is 2.24. The number of rotatable bonds is 3. The van der Waals surface area contributed by atoms with E-state index in [4.69, 9.17) is 5.11 Å². The summed E-state index contributed by atoms with van der Waals surface area (Å²) in [7, 11) is 0. The first kappa shape index (κ1) is 9.23. The van der Waals surface area contributed by atoms with Gasteiger partial charge in [-0.25, -0.2) is 0 Å². The Balaban J connectivity index is 2.34. The van der Waals surface area contributed by atoms with Gasteiger partial charge in [0.05, 0.1) is 0 Å². The Morgan fingerprint density at radius 3 is 2.25 bits per heavy atom. The summed E-state index contributed by atoms with van der Waals surface area (Å²) < 4.78 is 0. The van der Waals surface area contributed by atoms with Crippen LogP contribution in [0.25, 0.3) is 0 Å². The van der Waals surface area contributed by atoms with Gasteiger partial charge in [-0.05, 0) is 12.8 Å². The molecule has 0 atom stereocenters. The van der Waals surface area contributed by atoms with Gasteiger partial charge in [0.1, 0.15) is 12.2 Å². The van der Waals surface area contributed by atoms with Gasteiger partial charge in [-0.2, -0.15) is 0 Å². The quantitative estimate of drug-likeness (QED) is 0.654. The van der Waals surface area contributed by atoms with Gasteiger partial charge >= 0.3 is 5.97 Å². The second kappa shape index (κ2) is 4.24. The normalized spacial score (nSPS) is 19.0. The minimum atomic E-state index is -0.995. The Hall–Kier alpha value is -0.860. The zero-order chi connectivity index (χ0) is 8.97. The first-order valence-electron chi connectivity index (χ1n) is 4.44. The summed E-state index contributed by atoms with van der Waals surface area (Å²) >= 11 is 0. The smallest absolute Gasteiger partial charge is 0.310 e. The summed E-state index contributed by atoms with van der Waals surface area (Å²) in [5, 5.41) is 8.39. The molecule has 0 saturated heterocycles. The third-order valence-corrected chi connectivity index (χ3v) is 2.39. The number of carbonyl (C=O) groups excluding carboxylic acids is 1. The highest BCUT2D eigenvalue weighted by Gasteiger charge is 2.22. The summed E-state index contributed by atoms with van der Waals surface area (Å²) in [6.45, 7) is 0. The van der Waals surface area contributed by atoms with Crippen LogP contribution in [0.15, 0.2) is 0 Å². The van der Waals surface area contributed by atoms with Gasteiger partial charge in [0.2, 0.25) is 0 Å². The lowest BCUT2D eigenvalue weighted by Crippen LogP contribution is -2.20. The summed E-state index contributed by atoms with van der Waals surface area (Å²) in [6.07, 6.45) is 4.85. The van der Waals surface area contributed by atoms with Crippen molar-refractivity contribution in [1.82, 2.24) is 0 Å². The lowest BCUT2D eigenvalue weighted by molar-refractivity contribution is -0.141. The van der Waals surface area contributed by atoms with Crippen molar-refractivity contribution in [3.8, 4) is 0 Å². The van der Waals surface area contributed by atoms with Crippen LogP contribution in [-0.4, -0.2) is 16.9 Å². The van der Waals surface area contributed by atoms with E-state index in [1.165, 1.54) is 6.42 Å². The molecule has 1 aliphatic carbocycles. The highest BCUT2D eigenvalue weighted by molar-refractivity contribution is 5.95. The fourth-order valence-corrected chi connectivity index (χ4v) is 1.72. The third-order valence-electron chi connectivity index (χ3n) is 2.39. The van der Waals surface area contributed by atoms with Crippen LogP contribution >= 0.6 is 0 Å². The maximum Gasteiger partial charge on any atom is 0.310 e. The molecule has 1 N–H and O–H groups in total. The van der Waals surface area contributed by atoms with E-state index >= 15 is 0 Å². The SMILES string of the molecule is O=C(O)CC(=O)C1CCCCC1. The molecule has 0 heterocycles. The van der Waals surface area contributed by atoms with Crippen LogP contribution in [-0.2, 0) is 9.59 Å². The van der Waals surface area contributed by atoms with Gasteiger partial charge in [-0.1, -0.05) is 19.3 Å². The van der Waals surface area contributed by atoms with Gasteiger partial charge in [0, 0.05) is 5.92 Å². The first-order valence-corrected chi connectivity index (χ1v) is 4.44. The molecule has 0 spiro atoms. The fraction of sp³-hybridized carbons (Fsp3) is 0.778. The molecular weight excluding hydrogens is 156 g/mol. The molecule has 1 fully saturated rings. The molecule has 0 aromatic heterocycles. The molecule has 3 nitrogen and oxygen atoms in total. The summed E-state index contributed by atoms with van der Waals surface area (Å²) in [5.41, 5.74) is 0. The molecule has 1 aliphatic rings. The molecule has 0 aromatic carbocycles. The number of hydrogen-bond donors (Lipinski definition) is 1. The lowest BCUT2D eigenvalue weighted by Gasteiger charge is -2.19. The van der Waals surface area contributed by atoms with Crippen molar-refractivity contribution in [3.63, 3.8) is 0 Å². The van der Waals surface area contributed by atoms with E-state index in [0.29, 0.717) is 0 Å². The van der Waals surface area contributed by atoms with Crippen molar-refractivity contribution in [1.29, 1.82) is 0 Å². The van der Waals surface area contributed by atoms with Crippen molar-refractivity contribution >= 4 is 11.8 Å². The van der Waals surface area contributed by atoms with E-state index in [9.17, 15) is 9.59 Å². The van der Waals surface area contributed by atoms with Gasteiger partial charge in [0.15, 0.2) is 0 Å². The third kappa shape index (κ3) is 2.64. The van der Waals surface area contributed by atoms with Gasteiger partial charge in [0.25, 0.3) is 0 Å². The highest BCUT2D eigenvalue weighted by atomic mass is 16.4. The first-order chi connectivity index (χ1) is 5.70. The predicted molar refractivity (Wildman–Crippen MR) is 43.8 cm³/mol. The summed E-state index contributed by atoms with van der Waals surface area (Å²) in [6, 6.07) is 0. The Kier molecular flexibility index (Phi) is 3.26. The van der Waals surface area contributed by atoms with E-state index in [2.05, 4.69) is 0 Å². The Bertz CT molecular complexity index is 180. The van der Waals surface area contributed by atoms with Crippen molar-refractivity contribution in [2.24, 2.45) is 5.92 Å². The molecular formula is C9H14O3. The lowest BCUT2D eigenvalue weighted by atomic mass is 9.85. The molecule has 12 heavy (non-hydrogen) atoms. The molecule has 3 heteroatoms. The van der Waals surface area contributed by atoms with E-state index in [0.717, 1.165) is 25.7 Å². The average molecular weight is 170 g/mol. The minimum absolute atomic E-state index is 0.0369. The second-order valence-corrected chi connectivity index (χ2v) is 3.37. The minimum Gasteiger partial charge on any atom is -0.481 e. The standard InChI is InChI=1S/C9H14O3/c10-8(6-9(11)12)7-4-2-1-3-5-7/h7H,1-6H2,(H,11,12). The van der Waals surface area contributed by atoms with Crippen LogP contribution < -0.4 is 0 Å². The molecule has 0 aliphatic heterocycles. The van der Waals surface area contributed by atoms with Gasteiger partial charge < -0.3 is 5.11 Å². The molecule has 1 saturated carbocycles. The van der Waals surface area contributed by atoms with Gasteiger partial charge in [-0.3, -0.25) is 9.59 Å². The van der Waals surface area contributed by atoms with E-state index < -0.39 is 5.97 Å². The Labute approximate surface area is 71.8 Å². The number of Topliss-reactive ketones (excluding diaryl/α,β-unsaturated/α-hetero) is 1. The van der Waals surface area contributed by atoms with Crippen molar-refractivity contribution < 1.29 is 14.7 Å². The number of carbonyl (C=O) groups is 2. The predicted octanol–water partition coefficient (Wildman–Crippen LogP) is 1.61. The van der Waals surface area contributed by atoms with Crippen molar-refractivity contribution in [2.75, 3.05) is 0 Å². The largest absolute Gasteiger partial charge is 0.481 e. The molecule has 0 aromatic rings. The molecule has 1 rings (SSSR count). The molecule has 0 unspecified atom stereocenters. The Morgan fingerprint density at radius 2 is 1.75 bits per heavy atom. The fourth-order valence-electron chi connectivity index (χ4n) is 1.72. The second-order valence-electron chi connectivity index (χ2n) is 3.37. The number of carboxylic acid groups (broad SMARTS) is 1. The van der Waals surface area contributed by atoms with Crippen LogP contribution in [0, 0.1) is 5.92 Å². The number of hydrogen-bond acceptors (Lipinski definition) is 2. The Morgan fingerprint density at radius 1 is 1.17 bits per heavy atom. The molecule has 0 radical (unpaired) electrons. The van der Waals surface area contributed by atoms with Crippen LogP contribution in [0.1, 0.15) is 38.5 Å². The number of aliphatic carboxylic acids is 1. The zero-order valence-corrected chi connectivity index (χ0v) is 7.08. The van der Waals surface area contributed by atoms with E-state index in [-0.39, 0.29) is 18.1 Å². The van der Waals surface area contributed by atoms with Crippen LogP contribution in [0.2, 0.25) is 0 Å². The molecule has 0 bridgehead atoms. The average Bonchev–Trinajstić information content (AvgIpc) is 2.05. The molecule has 0 amide bonds. The summed E-state index contributed by atoms with van der Waals surface area (Å²) in [4.78, 5) is 21.5. The maximum absolute atomic E-state index is 11.2. The van der Waals surface area contributed by atoms with Gasteiger partial charge in [-0.15, -0.1) is 0 Å². The van der Waals surface area contributed by atoms with E-state index in [1.54, 1.807) is 0 Å². The number of ketones is 1. The van der Waals surface area contributed by atoms with Crippen molar-refractivity contribution in [3.05, 3.63) is 0 Å². The van der Waals surface area contributed by atoms with Crippen molar-refractivity contribution in [2.45, 2.75) is 38.5 Å². The maximum atomic E-state index is 11.2. The van der Waals surface area contributed by atoms with Crippen LogP contribution in [0.3, 0.4) is 0 Å². The number of carboxylic acids is 1. The van der Waals surface area contributed by atoms with Crippen LogP contribution in [0.5, 0.6) is 0 Å². The van der Waals surface area contributed by atoms with Crippen LogP contribution in [0.4, 0.5) is 0 Å².